The first kappa shape index (κ1) is 22.7. The molecule has 1 saturated heterocycles. The minimum Gasteiger partial charge on any atom is -0.507 e. The summed E-state index contributed by atoms with van der Waals surface area (Å²) in [6.45, 7) is 3.22. The van der Waals surface area contributed by atoms with Gasteiger partial charge in [0.05, 0.1) is 18.4 Å². The first-order valence-corrected chi connectivity index (χ1v) is 10.6. The van der Waals surface area contributed by atoms with E-state index in [4.69, 9.17) is 4.74 Å². The maximum Gasteiger partial charge on any atom is 0.300 e. The third-order valence-electron chi connectivity index (χ3n) is 5.55. The molecule has 2 N–H and O–H groups in total. The van der Waals surface area contributed by atoms with Gasteiger partial charge < -0.3 is 15.2 Å². The summed E-state index contributed by atoms with van der Waals surface area (Å²) >= 11 is 0. The third-order valence-corrected chi connectivity index (χ3v) is 5.55. The Hall–Kier alpha value is -4.46. The second kappa shape index (κ2) is 9.19. The number of pyridine rings is 1. The summed E-state index contributed by atoms with van der Waals surface area (Å²) in [6.07, 6.45) is 1.56. The fourth-order valence-corrected chi connectivity index (χ4v) is 4.01. The van der Waals surface area contributed by atoms with Crippen molar-refractivity contribution in [3.63, 3.8) is 0 Å². The molecule has 0 radical (unpaired) electrons. The molecular formula is C26H23N3O5. The molecule has 1 fully saturated rings. The Labute approximate surface area is 196 Å². The molecule has 1 aliphatic heterocycles. The van der Waals surface area contributed by atoms with Gasteiger partial charge in [-0.3, -0.25) is 24.3 Å². The fraction of sp³-hybridized carbons (Fsp3) is 0.154. The molecule has 0 aliphatic carbocycles. The molecule has 3 aromatic rings. The molecule has 0 spiro atoms. The molecule has 8 nitrogen and oxygen atoms in total. The molecule has 0 bridgehead atoms. The molecule has 34 heavy (non-hydrogen) atoms. The van der Waals surface area contributed by atoms with Crippen LogP contribution < -0.4 is 15.0 Å². The zero-order chi connectivity index (χ0) is 24.4. The zero-order valence-electron chi connectivity index (χ0n) is 18.9. The average Bonchev–Trinajstić information content (AvgIpc) is 3.09. The van der Waals surface area contributed by atoms with Gasteiger partial charge in [0.2, 0.25) is 5.91 Å². The number of hydrogen-bond donors (Lipinski definition) is 2. The number of aryl methyl sites for hydroxylation is 1. The number of amides is 2. The van der Waals surface area contributed by atoms with Gasteiger partial charge in [0.1, 0.15) is 17.6 Å². The highest BCUT2D eigenvalue weighted by atomic mass is 16.5. The minimum absolute atomic E-state index is 0.0563. The lowest BCUT2D eigenvalue weighted by molar-refractivity contribution is -0.132. The molecule has 172 valence electrons. The third kappa shape index (κ3) is 4.13. The molecule has 2 heterocycles. The number of ketones is 1. The number of aromatic nitrogens is 1. The van der Waals surface area contributed by atoms with Crippen molar-refractivity contribution in [3.05, 3.63) is 89.3 Å². The van der Waals surface area contributed by atoms with Crippen LogP contribution >= 0.6 is 0 Å². The van der Waals surface area contributed by atoms with E-state index in [-0.39, 0.29) is 17.2 Å². The van der Waals surface area contributed by atoms with Gasteiger partial charge in [-0.1, -0.05) is 6.07 Å². The van der Waals surface area contributed by atoms with Crippen molar-refractivity contribution in [3.8, 4) is 5.75 Å². The Morgan fingerprint density at radius 2 is 1.82 bits per heavy atom. The van der Waals surface area contributed by atoms with E-state index in [1.165, 1.54) is 11.8 Å². The molecule has 1 aliphatic rings. The van der Waals surface area contributed by atoms with Crippen LogP contribution in [0.1, 0.15) is 29.8 Å². The Morgan fingerprint density at radius 3 is 2.41 bits per heavy atom. The normalized spacial score (nSPS) is 17.0. The van der Waals surface area contributed by atoms with Gasteiger partial charge in [-0.2, -0.15) is 0 Å². The average molecular weight is 457 g/mol. The number of nitrogens with one attached hydrogen (secondary N) is 1. The Kier molecular flexibility index (Phi) is 6.14. The lowest BCUT2D eigenvalue weighted by Crippen LogP contribution is -2.29. The quantitative estimate of drug-likeness (QED) is 0.341. The van der Waals surface area contributed by atoms with Crippen LogP contribution in [0.25, 0.3) is 5.76 Å². The first-order chi connectivity index (χ1) is 16.3. The molecule has 4 rings (SSSR count). The number of Topliss-reactive ketones (excluding diaryl/α,β-unsaturated/α-hetero) is 1. The molecule has 2 aromatic carbocycles. The highest BCUT2D eigenvalue weighted by Crippen LogP contribution is 2.42. The van der Waals surface area contributed by atoms with E-state index in [1.54, 1.807) is 74.0 Å². The summed E-state index contributed by atoms with van der Waals surface area (Å²) in [5.74, 6) is -1.48. The van der Waals surface area contributed by atoms with E-state index in [0.717, 1.165) is 5.56 Å². The summed E-state index contributed by atoms with van der Waals surface area (Å²) in [5, 5.41) is 13.9. The van der Waals surface area contributed by atoms with Crippen molar-refractivity contribution < 1.29 is 24.2 Å². The molecule has 1 unspecified atom stereocenters. The maximum absolute atomic E-state index is 13.2. The topological polar surface area (TPSA) is 109 Å². The monoisotopic (exact) mass is 457 g/mol. The SMILES string of the molecule is COc1ccc(/C(O)=C2/C(=O)C(=O)N(c3ccc(NC(C)=O)cc3)C2c2ccccn2)cc1C. The number of carbonyl (C=O) groups excluding carboxylic acids is 3. The lowest BCUT2D eigenvalue weighted by atomic mass is 9.97. The van der Waals surface area contributed by atoms with E-state index in [0.29, 0.717) is 28.4 Å². The Morgan fingerprint density at radius 1 is 1.09 bits per heavy atom. The van der Waals surface area contributed by atoms with Gasteiger partial charge in [0.25, 0.3) is 11.7 Å². The molecule has 1 aromatic heterocycles. The summed E-state index contributed by atoms with van der Waals surface area (Å²) < 4.78 is 5.28. The predicted molar refractivity (Wildman–Crippen MR) is 127 cm³/mol. The van der Waals surface area contributed by atoms with E-state index < -0.39 is 17.7 Å². The first-order valence-electron chi connectivity index (χ1n) is 10.6. The van der Waals surface area contributed by atoms with E-state index in [2.05, 4.69) is 10.3 Å². The molecule has 8 heteroatoms. The van der Waals surface area contributed by atoms with Crippen molar-refractivity contribution in [2.24, 2.45) is 0 Å². The number of benzene rings is 2. The van der Waals surface area contributed by atoms with Gasteiger partial charge in [-0.15, -0.1) is 0 Å². The van der Waals surface area contributed by atoms with Gasteiger partial charge in [0.15, 0.2) is 0 Å². The van der Waals surface area contributed by atoms with Crippen molar-refractivity contribution in [2.45, 2.75) is 19.9 Å². The number of aliphatic hydroxyl groups excluding tert-OH is 1. The zero-order valence-corrected chi connectivity index (χ0v) is 18.9. The summed E-state index contributed by atoms with van der Waals surface area (Å²) in [6, 6.07) is 15.8. The summed E-state index contributed by atoms with van der Waals surface area (Å²) in [7, 11) is 1.55. The van der Waals surface area contributed by atoms with E-state index in [1.807, 2.05) is 6.92 Å². The number of nitrogens with zero attached hydrogens (tertiary/aromatic N) is 2. The van der Waals surface area contributed by atoms with Crippen molar-refractivity contribution >= 4 is 34.7 Å². The fourth-order valence-electron chi connectivity index (χ4n) is 4.01. The number of aliphatic hydroxyl groups is 1. The molecule has 0 saturated carbocycles. The minimum atomic E-state index is -0.935. The maximum atomic E-state index is 13.2. The lowest BCUT2D eigenvalue weighted by Gasteiger charge is -2.24. The second-order valence-corrected chi connectivity index (χ2v) is 7.84. The van der Waals surface area contributed by atoms with Gasteiger partial charge in [-0.05, 0) is 67.1 Å². The highest BCUT2D eigenvalue weighted by molar-refractivity contribution is 6.51. The summed E-state index contributed by atoms with van der Waals surface area (Å²) in [4.78, 5) is 43.4. The Balaban J connectivity index is 1.86. The number of anilines is 2. The van der Waals surface area contributed by atoms with Crippen LogP contribution in [0.4, 0.5) is 11.4 Å². The van der Waals surface area contributed by atoms with Gasteiger partial charge in [0, 0.05) is 30.1 Å². The standard InChI is InChI=1S/C26H23N3O5/c1-15-14-17(7-12-21(15)34-3)24(31)22-23(20-6-4-5-13-27-20)29(26(33)25(22)32)19-10-8-18(9-11-19)28-16(2)30/h4-14,23,31H,1-3H3,(H,28,30)/b24-22-. The van der Waals surface area contributed by atoms with Crippen LogP contribution in [0.2, 0.25) is 0 Å². The van der Waals surface area contributed by atoms with Crippen LogP contribution in [0, 0.1) is 6.92 Å². The van der Waals surface area contributed by atoms with Crippen molar-refractivity contribution in [1.29, 1.82) is 0 Å². The number of hydrogen-bond acceptors (Lipinski definition) is 6. The van der Waals surface area contributed by atoms with Crippen LogP contribution in [0.3, 0.4) is 0 Å². The molecule has 2 amide bonds. The van der Waals surface area contributed by atoms with Crippen molar-refractivity contribution in [2.75, 3.05) is 17.3 Å². The van der Waals surface area contributed by atoms with Gasteiger partial charge in [-0.25, -0.2) is 0 Å². The number of rotatable bonds is 5. The van der Waals surface area contributed by atoms with E-state index in [9.17, 15) is 19.5 Å². The van der Waals surface area contributed by atoms with Crippen LogP contribution in [0.5, 0.6) is 5.75 Å². The number of methoxy groups -OCH3 is 1. The van der Waals surface area contributed by atoms with Gasteiger partial charge >= 0.3 is 0 Å². The van der Waals surface area contributed by atoms with E-state index >= 15 is 0 Å². The second-order valence-electron chi connectivity index (χ2n) is 7.84. The largest absolute Gasteiger partial charge is 0.507 e. The number of ether oxygens (including phenoxy) is 1. The van der Waals surface area contributed by atoms with Crippen LogP contribution in [-0.2, 0) is 14.4 Å². The summed E-state index contributed by atoms with van der Waals surface area (Å²) in [5.41, 5.74) is 2.51. The van der Waals surface area contributed by atoms with Crippen LogP contribution in [-0.4, -0.2) is 34.8 Å². The number of carbonyl (C=O) groups is 3. The molecular weight excluding hydrogens is 434 g/mol. The smallest absolute Gasteiger partial charge is 0.300 e. The highest BCUT2D eigenvalue weighted by Gasteiger charge is 2.47. The Bertz CT molecular complexity index is 1300. The van der Waals surface area contributed by atoms with Crippen molar-refractivity contribution in [1.82, 2.24) is 4.98 Å². The molecule has 1 atom stereocenters. The predicted octanol–water partition coefficient (Wildman–Crippen LogP) is 3.98. The van der Waals surface area contributed by atoms with Crippen LogP contribution in [0.15, 0.2) is 72.4 Å².